The Labute approximate surface area is 175 Å². The summed E-state index contributed by atoms with van der Waals surface area (Å²) in [5.41, 5.74) is 1.99. The summed E-state index contributed by atoms with van der Waals surface area (Å²) in [4.78, 5) is 17.7. The highest BCUT2D eigenvalue weighted by Gasteiger charge is 2.40. The van der Waals surface area contributed by atoms with Crippen LogP contribution in [0.2, 0.25) is 0 Å². The highest BCUT2D eigenvalue weighted by molar-refractivity contribution is 7.20. The van der Waals surface area contributed by atoms with Crippen LogP contribution in [0, 0.1) is 0 Å². The molecular weight excluding hydrogens is 415 g/mol. The van der Waals surface area contributed by atoms with Crippen molar-refractivity contribution in [2.45, 2.75) is 31.6 Å². The molecule has 0 aliphatic carbocycles. The zero-order valence-corrected chi connectivity index (χ0v) is 16.8. The Kier molecular flexibility index (Phi) is 5.92. The number of carbonyl (C=O) groups is 1. The largest absolute Gasteiger partial charge is 0.471 e. The minimum Gasteiger partial charge on any atom is -0.431 e. The molecule has 3 aromatic rings. The van der Waals surface area contributed by atoms with Gasteiger partial charge in [0.2, 0.25) is 0 Å². The number of rotatable bonds is 5. The number of benzene rings is 2. The van der Waals surface area contributed by atoms with Gasteiger partial charge in [0.1, 0.15) is 5.75 Å². The molecule has 0 atom stereocenters. The quantitative estimate of drug-likeness (QED) is 0.630. The lowest BCUT2D eigenvalue weighted by Gasteiger charge is -2.32. The molecule has 2 aromatic carbocycles. The molecule has 1 aliphatic rings. The molecule has 0 radical (unpaired) electrons. The average molecular weight is 435 g/mol. The van der Waals surface area contributed by atoms with Gasteiger partial charge in [-0.1, -0.05) is 35.6 Å². The van der Waals surface area contributed by atoms with E-state index >= 15 is 0 Å². The van der Waals surface area contributed by atoms with Gasteiger partial charge in [0.05, 0.1) is 10.2 Å². The van der Waals surface area contributed by atoms with Crippen molar-refractivity contribution in [3.8, 4) is 10.9 Å². The third kappa shape index (κ3) is 5.09. The second-order valence-electron chi connectivity index (χ2n) is 7.22. The molecule has 1 aliphatic heterocycles. The number of nitrogens with one attached hydrogen (secondary N) is 1. The first-order valence-corrected chi connectivity index (χ1v) is 10.4. The van der Waals surface area contributed by atoms with Crippen molar-refractivity contribution in [3.05, 3.63) is 54.1 Å². The molecule has 1 aromatic heterocycles. The van der Waals surface area contributed by atoms with E-state index in [1.807, 2.05) is 48.5 Å². The van der Waals surface area contributed by atoms with Gasteiger partial charge >= 0.3 is 12.1 Å². The Bertz CT molecular complexity index is 979. The van der Waals surface area contributed by atoms with Crippen molar-refractivity contribution < 1.29 is 22.7 Å². The van der Waals surface area contributed by atoms with Crippen LogP contribution < -0.4 is 10.1 Å². The molecule has 30 heavy (non-hydrogen) atoms. The van der Waals surface area contributed by atoms with E-state index in [4.69, 9.17) is 4.74 Å². The summed E-state index contributed by atoms with van der Waals surface area (Å²) >= 11 is 1.49. The number of halogens is 3. The molecule has 1 N–H and O–H groups in total. The van der Waals surface area contributed by atoms with E-state index in [1.165, 1.54) is 11.3 Å². The predicted octanol–water partition coefficient (Wildman–Crippen LogP) is 4.73. The Morgan fingerprint density at radius 3 is 2.50 bits per heavy atom. The molecule has 9 heteroatoms. The van der Waals surface area contributed by atoms with E-state index in [1.54, 1.807) is 0 Å². The molecular formula is C21H20F3N3O2S. The lowest BCUT2D eigenvalue weighted by atomic mass is 10.0. The van der Waals surface area contributed by atoms with Crippen LogP contribution in [0.1, 0.15) is 18.4 Å². The fourth-order valence-electron chi connectivity index (χ4n) is 3.42. The third-order valence-electron chi connectivity index (χ3n) is 4.99. The van der Waals surface area contributed by atoms with Crippen LogP contribution in [0.3, 0.4) is 0 Å². The third-order valence-corrected chi connectivity index (χ3v) is 5.90. The van der Waals surface area contributed by atoms with Gasteiger partial charge in [0, 0.05) is 25.7 Å². The molecule has 0 saturated carbocycles. The molecule has 158 valence electrons. The number of piperidine rings is 1. The van der Waals surface area contributed by atoms with Crippen molar-refractivity contribution in [2.24, 2.45) is 0 Å². The molecule has 2 heterocycles. The van der Waals surface area contributed by atoms with E-state index < -0.39 is 18.1 Å². The van der Waals surface area contributed by atoms with Gasteiger partial charge in [0.25, 0.3) is 5.19 Å². The summed E-state index contributed by atoms with van der Waals surface area (Å²) < 4.78 is 44.0. The van der Waals surface area contributed by atoms with Gasteiger partial charge in [-0.15, -0.1) is 0 Å². The maximum absolute atomic E-state index is 12.4. The topological polar surface area (TPSA) is 54.5 Å². The van der Waals surface area contributed by atoms with Gasteiger partial charge < -0.3 is 10.1 Å². The van der Waals surface area contributed by atoms with Crippen molar-refractivity contribution in [3.63, 3.8) is 0 Å². The first kappa shape index (κ1) is 20.6. The summed E-state index contributed by atoms with van der Waals surface area (Å²) in [5, 5.41) is 2.66. The highest BCUT2D eigenvalue weighted by atomic mass is 32.1. The van der Waals surface area contributed by atoms with E-state index in [0.717, 1.165) is 15.8 Å². The molecule has 4 rings (SSSR count). The second kappa shape index (κ2) is 8.61. The summed E-state index contributed by atoms with van der Waals surface area (Å²) in [6, 6.07) is 15.1. The lowest BCUT2D eigenvalue weighted by molar-refractivity contribution is -0.174. The summed E-state index contributed by atoms with van der Waals surface area (Å²) in [6.45, 7) is 1.96. The molecule has 0 spiro atoms. The van der Waals surface area contributed by atoms with E-state index in [-0.39, 0.29) is 0 Å². The van der Waals surface area contributed by atoms with Crippen molar-refractivity contribution in [1.82, 2.24) is 15.2 Å². The number of alkyl halides is 3. The maximum Gasteiger partial charge on any atom is 0.471 e. The Balaban J connectivity index is 1.27. The number of para-hydroxylation sites is 1. The maximum atomic E-state index is 12.4. The van der Waals surface area contributed by atoms with E-state index in [2.05, 4.69) is 15.2 Å². The van der Waals surface area contributed by atoms with Gasteiger partial charge in [0.15, 0.2) is 0 Å². The van der Waals surface area contributed by atoms with E-state index in [9.17, 15) is 18.0 Å². The molecule has 0 bridgehead atoms. The standard InChI is InChI=1S/C21H20F3N3O2S/c22-21(23,24)19(28)25-15-9-11-27(12-10-15)13-14-5-7-16(8-6-14)29-20-26-17-3-1-2-4-18(17)30-20/h1-8,15H,9-13H2,(H,25,28). The molecule has 1 fully saturated rings. The highest BCUT2D eigenvalue weighted by Crippen LogP contribution is 2.31. The molecule has 1 amide bonds. The van der Waals surface area contributed by atoms with Gasteiger partial charge in [-0.25, -0.2) is 4.98 Å². The summed E-state index contributed by atoms with van der Waals surface area (Å²) in [7, 11) is 0. The van der Waals surface area contributed by atoms with Crippen LogP contribution in [-0.4, -0.2) is 41.1 Å². The number of amides is 1. The zero-order valence-electron chi connectivity index (χ0n) is 16.0. The number of ether oxygens (including phenoxy) is 1. The van der Waals surface area contributed by atoms with Crippen LogP contribution in [0.5, 0.6) is 10.9 Å². The normalized spacial score (nSPS) is 16.0. The Hall–Kier alpha value is -2.65. The molecule has 1 saturated heterocycles. The van der Waals surface area contributed by atoms with Crippen LogP contribution in [0.4, 0.5) is 13.2 Å². The average Bonchev–Trinajstić information content (AvgIpc) is 3.12. The fraction of sp³-hybridized carbons (Fsp3) is 0.333. The first-order valence-electron chi connectivity index (χ1n) is 9.59. The molecule has 5 nitrogen and oxygen atoms in total. The number of likely N-dealkylation sites (tertiary alicyclic amines) is 1. The predicted molar refractivity (Wildman–Crippen MR) is 109 cm³/mol. The SMILES string of the molecule is O=C(NC1CCN(Cc2ccc(Oc3nc4ccccc4s3)cc2)CC1)C(F)(F)F. The first-order chi connectivity index (χ1) is 14.4. The molecule has 0 unspecified atom stereocenters. The number of aromatic nitrogens is 1. The number of hydrogen-bond donors (Lipinski definition) is 1. The monoisotopic (exact) mass is 435 g/mol. The van der Waals surface area contributed by atoms with Crippen molar-refractivity contribution in [2.75, 3.05) is 13.1 Å². The van der Waals surface area contributed by atoms with Crippen LogP contribution in [-0.2, 0) is 11.3 Å². The van der Waals surface area contributed by atoms with Crippen LogP contribution in [0.15, 0.2) is 48.5 Å². The van der Waals surface area contributed by atoms with Crippen LogP contribution in [0.25, 0.3) is 10.2 Å². The van der Waals surface area contributed by atoms with Crippen molar-refractivity contribution >= 4 is 27.5 Å². The van der Waals surface area contributed by atoms with Gasteiger partial charge in [-0.3, -0.25) is 9.69 Å². The van der Waals surface area contributed by atoms with Crippen LogP contribution >= 0.6 is 11.3 Å². The number of nitrogens with zero attached hydrogens (tertiary/aromatic N) is 2. The number of hydrogen-bond acceptors (Lipinski definition) is 5. The minimum atomic E-state index is -4.83. The number of fused-ring (bicyclic) bond motifs is 1. The smallest absolute Gasteiger partial charge is 0.431 e. The lowest BCUT2D eigenvalue weighted by Crippen LogP contribution is -2.48. The Morgan fingerprint density at radius 1 is 1.13 bits per heavy atom. The van der Waals surface area contributed by atoms with Gasteiger partial charge in [-0.2, -0.15) is 13.2 Å². The van der Waals surface area contributed by atoms with E-state index in [0.29, 0.717) is 43.4 Å². The minimum absolute atomic E-state index is 0.431. The van der Waals surface area contributed by atoms with Gasteiger partial charge in [-0.05, 0) is 42.7 Å². The second-order valence-corrected chi connectivity index (χ2v) is 8.21. The van der Waals surface area contributed by atoms with Crippen molar-refractivity contribution in [1.29, 1.82) is 0 Å². The number of carbonyl (C=O) groups excluding carboxylic acids is 1. The summed E-state index contributed by atoms with van der Waals surface area (Å²) in [6.07, 6.45) is -3.83. The Morgan fingerprint density at radius 2 is 1.83 bits per heavy atom. The number of thiazole rings is 1. The summed E-state index contributed by atoms with van der Waals surface area (Å²) in [5.74, 6) is -1.16. The fourth-order valence-corrected chi connectivity index (χ4v) is 4.25. The zero-order chi connectivity index (χ0) is 21.1.